The van der Waals surface area contributed by atoms with Crippen LogP contribution in [0.3, 0.4) is 0 Å². The van der Waals surface area contributed by atoms with Crippen molar-refractivity contribution in [1.82, 2.24) is 24.2 Å². The number of piperidine rings is 1. The summed E-state index contributed by atoms with van der Waals surface area (Å²) in [5.74, 6) is 1.09. The number of aryl methyl sites for hydroxylation is 1. The van der Waals surface area contributed by atoms with Gasteiger partial charge < -0.3 is 14.2 Å². The molecule has 3 aromatic heterocycles. The van der Waals surface area contributed by atoms with Crippen molar-refractivity contribution in [3.05, 3.63) is 65.0 Å². The van der Waals surface area contributed by atoms with Crippen LogP contribution < -0.4 is 4.90 Å². The molecule has 2 fully saturated rings. The van der Waals surface area contributed by atoms with Gasteiger partial charge in [0.05, 0.1) is 24.6 Å². The predicted molar refractivity (Wildman–Crippen MR) is 166 cm³/mol. The number of nitrogens with zero attached hydrogens (tertiary/aromatic N) is 6. The van der Waals surface area contributed by atoms with Gasteiger partial charge in [0.25, 0.3) is 0 Å². The molecular formula is C30H37FN6O3S2. The lowest BCUT2D eigenvalue weighted by Crippen LogP contribution is -2.51. The summed E-state index contributed by atoms with van der Waals surface area (Å²) in [7, 11) is 2.02. The molecule has 2 aliphatic rings. The number of hydrogen-bond donors (Lipinski definition) is 1. The van der Waals surface area contributed by atoms with E-state index >= 15 is 0 Å². The topological polar surface area (TPSA) is 86.4 Å². The van der Waals surface area contributed by atoms with Gasteiger partial charge in [-0.3, -0.25) is 14.2 Å². The Labute approximate surface area is 252 Å². The number of anilines is 2. The van der Waals surface area contributed by atoms with E-state index in [9.17, 15) is 13.2 Å². The Balaban J connectivity index is 1.20. The molecule has 1 aromatic carbocycles. The van der Waals surface area contributed by atoms with Gasteiger partial charge in [0.15, 0.2) is 16.2 Å². The van der Waals surface area contributed by atoms with Gasteiger partial charge in [-0.2, -0.15) is 0 Å². The Bertz CT molecular complexity index is 1530. The molecule has 2 aliphatic heterocycles. The molecule has 1 N–H and O–H groups in total. The highest BCUT2D eigenvalue weighted by molar-refractivity contribution is 7.79. The number of pyridine rings is 1. The van der Waals surface area contributed by atoms with Crippen LogP contribution in [0.1, 0.15) is 36.9 Å². The Kier molecular flexibility index (Phi) is 8.98. The van der Waals surface area contributed by atoms with Gasteiger partial charge in [-0.25, -0.2) is 18.6 Å². The summed E-state index contributed by atoms with van der Waals surface area (Å²) in [6.45, 7) is 7.24. The van der Waals surface area contributed by atoms with Gasteiger partial charge in [-0.1, -0.05) is 13.0 Å². The molecule has 0 saturated carbocycles. The fourth-order valence-corrected chi connectivity index (χ4v) is 7.63. The molecular weight excluding hydrogens is 576 g/mol. The van der Waals surface area contributed by atoms with E-state index in [0.717, 1.165) is 79.0 Å². The average Bonchev–Trinajstić information content (AvgIpc) is 3.65. The van der Waals surface area contributed by atoms with Gasteiger partial charge in [0.2, 0.25) is 0 Å². The number of likely N-dealkylation sites (tertiary alicyclic amines) is 1. The van der Waals surface area contributed by atoms with Crippen LogP contribution in [0.2, 0.25) is 0 Å². The molecule has 6 rings (SSSR count). The van der Waals surface area contributed by atoms with Crippen molar-refractivity contribution in [1.29, 1.82) is 0 Å². The number of hydrogen-bond acceptors (Lipinski definition) is 8. The van der Waals surface area contributed by atoms with Crippen LogP contribution in [0.15, 0.2) is 48.0 Å². The lowest BCUT2D eigenvalue weighted by molar-refractivity contribution is 0.0281. The van der Waals surface area contributed by atoms with Crippen LogP contribution in [-0.2, 0) is 22.2 Å². The fraction of sp³-hybridized carbons (Fsp3) is 0.467. The highest BCUT2D eigenvalue weighted by Gasteiger charge is 2.31. The fourth-order valence-electron chi connectivity index (χ4n) is 6.03. The standard InChI is InChI=1S/C30H37FN6O3S2/c1-3-25-29(34(2)30-33-26(20-41-30)22-4-7-24(31)8-5-22)37-18-23(6-9-27(37)32-25)21-10-12-36(13-11-21)28(42(38)39)19-35-14-16-40-17-15-35/h4-9,18,20-21,28H,3,10-17,19H2,1-2H3,(H,38,39). The third-order valence-corrected chi connectivity index (χ3v) is 10.2. The number of benzene rings is 1. The summed E-state index contributed by atoms with van der Waals surface area (Å²) in [5.41, 5.74) is 4.84. The van der Waals surface area contributed by atoms with E-state index in [4.69, 9.17) is 14.7 Å². The number of thiazole rings is 1. The van der Waals surface area contributed by atoms with E-state index in [1.165, 1.54) is 17.7 Å². The van der Waals surface area contributed by atoms with E-state index < -0.39 is 11.1 Å². The lowest BCUT2D eigenvalue weighted by atomic mass is 9.90. The number of imidazole rings is 1. The van der Waals surface area contributed by atoms with E-state index in [-0.39, 0.29) is 11.2 Å². The lowest BCUT2D eigenvalue weighted by Gasteiger charge is -2.38. The third kappa shape index (κ3) is 6.15. The van der Waals surface area contributed by atoms with Crippen molar-refractivity contribution in [2.75, 3.05) is 57.9 Å². The number of ether oxygens (including phenoxy) is 1. The van der Waals surface area contributed by atoms with Crippen molar-refractivity contribution < 1.29 is 17.9 Å². The number of halogens is 1. The summed E-state index contributed by atoms with van der Waals surface area (Å²) in [5, 5.41) is 2.46. The van der Waals surface area contributed by atoms with Crippen molar-refractivity contribution >= 4 is 39.0 Å². The van der Waals surface area contributed by atoms with Crippen molar-refractivity contribution in [3.63, 3.8) is 0 Å². The summed E-state index contributed by atoms with van der Waals surface area (Å²) in [6.07, 6.45) is 4.85. The van der Waals surface area contributed by atoms with E-state index in [2.05, 4.69) is 44.4 Å². The summed E-state index contributed by atoms with van der Waals surface area (Å²) < 4.78 is 43.4. The second-order valence-corrected chi connectivity index (χ2v) is 12.9. The molecule has 2 saturated heterocycles. The number of fused-ring (bicyclic) bond motifs is 1. The molecule has 5 heterocycles. The first-order valence-electron chi connectivity index (χ1n) is 14.5. The Hall–Kier alpha value is -2.74. The largest absolute Gasteiger partial charge is 0.379 e. The van der Waals surface area contributed by atoms with Crippen molar-refractivity contribution in [2.45, 2.75) is 37.5 Å². The Morgan fingerprint density at radius 2 is 1.86 bits per heavy atom. The molecule has 0 spiro atoms. The number of aromatic nitrogens is 3. The van der Waals surface area contributed by atoms with Crippen LogP contribution in [-0.4, -0.2) is 91.3 Å². The van der Waals surface area contributed by atoms with Gasteiger partial charge >= 0.3 is 0 Å². The van der Waals surface area contributed by atoms with E-state index in [1.54, 1.807) is 23.5 Å². The first kappa shape index (κ1) is 29.3. The minimum absolute atomic E-state index is 0.262. The maximum absolute atomic E-state index is 13.4. The summed E-state index contributed by atoms with van der Waals surface area (Å²) >= 11 is -0.359. The molecule has 2 unspecified atom stereocenters. The van der Waals surface area contributed by atoms with E-state index in [0.29, 0.717) is 25.7 Å². The zero-order chi connectivity index (χ0) is 29.2. The van der Waals surface area contributed by atoms with Crippen LogP contribution >= 0.6 is 11.3 Å². The van der Waals surface area contributed by atoms with Crippen molar-refractivity contribution in [2.24, 2.45) is 0 Å². The van der Waals surface area contributed by atoms with Gasteiger partial charge in [0, 0.05) is 56.9 Å². The highest BCUT2D eigenvalue weighted by atomic mass is 32.2. The van der Waals surface area contributed by atoms with Gasteiger partial charge in [-0.15, -0.1) is 11.3 Å². The van der Waals surface area contributed by atoms with Crippen molar-refractivity contribution in [3.8, 4) is 11.3 Å². The quantitative estimate of drug-likeness (QED) is 0.265. The molecule has 42 heavy (non-hydrogen) atoms. The minimum atomic E-state index is -1.91. The summed E-state index contributed by atoms with van der Waals surface area (Å²) in [4.78, 5) is 16.3. The van der Waals surface area contributed by atoms with Crippen LogP contribution in [0.25, 0.3) is 16.9 Å². The molecule has 2 atom stereocenters. The minimum Gasteiger partial charge on any atom is -0.379 e. The monoisotopic (exact) mass is 612 g/mol. The first-order chi connectivity index (χ1) is 20.4. The third-order valence-electron chi connectivity index (χ3n) is 8.42. The Morgan fingerprint density at radius 1 is 1.12 bits per heavy atom. The molecule has 0 radical (unpaired) electrons. The average molecular weight is 613 g/mol. The van der Waals surface area contributed by atoms with Crippen LogP contribution in [0, 0.1) is 5.82 Å². The molecule has 9 nitrogen and oxygen atoms in total. The normalized spacial score (nSPS) is 18.9. The van der Waals surface area contributed by atoms with Gasteiger partial charge in [-0.05, 0) is 61.1 Å². The van der Waals surface area contributed by atoms with Crippen LogP contribution in [0.4, 0.5) is 15.3 Å². The zero-order valence-corrected chi connectivity index (χ0v) is 25.6. The molecule has 4 aromatic rings. The molecule has 12 heteroatoms. The number of rotatable bonds is 9. The molecule has 224 valence electrons. The maximum atomic E-state index is 13.4. The second kappa shape index (κ2) is 12.9. The number of morpholine rings is 1. The zero-order valence-electron chi connectivity index (χ0n) is 24.0. The van der Waals surface area contributed by atoms with E-state index in [1.807, 2.05) is 12.4 Å². The van der Waals surface area contributed by atoms with Crippen LogP contribution in [0.5, 0.6) is 0 Å². The second-order valence-electron chi connectivity index (χ2n) is 11.0. The molecule has 0 amide bonds. The molecule has 0 aliphatic carbocycles. The molecule has 0 bridgehead atoms. The Morgan fingerprint density at radius 3 is 2.55 bits per heavy atom. The summed E-state index contributed by atoms with van der Waals surface area (Å²) in [6, 6.07) is 10.7. The van der Waals surface area contributed by atoms with Gasteiger partial charge in [0.1, 0.15) is 22.7 Å². The SMILES string of the molecule is CCc1nc2ccc(C3CCN(C(CN4CCOCC4)S(=O)O)CC3)cn2c1N(C)c1nc(-c2ccc(F)cc2)cs1. The maximum Gasteiger partial charge on any atom is 0.191 e. The highest BCUT2D eigenvalue weighted by Crippen LogP contribution is 2.35. The predicted octanol–water partition coefficient (Wildman–Crippen LogP) is 4.99. The first-order valence-corrected chi connectivity index (χ1v) is 16.6. The smallest absolute Gasteiger partial charge is 0.191 e.